The van der Waals surface area contributed by atoms with Gasteiger partial charge in [-0.1, -0.05) is 0 Å². The highest BCUT2D eigenvalue weighted by atomic mass is 16.5. The second-order valence-electron chi connectivity index (χ2n) is 5.27. The molecule has 0 aromatic carbocycles. The van der Waals surface area contributed by atoms with Crippen LogP contribution in [0.4, 0.5) is 5.69 Å². The quantitative estimate of drug-likeness (QED) is 0.896. The molecule has 1 N–H and O–H groups in total. The zero-order chi connectivity index (χ0) is 13.2. The molecule has 0 aliphatic heterocycles. The Morgan fingerprint density at radius 1 is 1.44 bits per heavy atom. The molecule has 1 fully saturated rings. The molecule has 1 aromatic heterocycles. The molecule has 0 amide bonds. The van der Waals surface area contributed by atoms with Crippen molar-refractivity contribution in [3.05, 3.63) is 28.7 Å². The van der Waals surface area contributed by atoms with Gasteiger partial charge in [0.2, 0.25) is 0 Å². The first-order chi connectivity index (χ1) is 8.59. The van der Waals surface area contributed by atoms with Crippen molar-refractivity contribution >= 4 is 5.69 Å². The maximum atomic E-state index is 12.2. The fraction of sp³-hybridized carbons (Fsp3) is 0.643. The van der Waals surface area contributed by atoms with Gasteiger partial charge in [0.05, 0.1) is 5.60 Å². The van der Waals surface area contributed by atoms with E-state index in [1.807, 2.05) is 22.9 Å². The van der Waals surface area contributed by atoms with Crippen molar-refractivity contribution in [2.24, 2.45) is 0 Å². The zero-order valence-corrected chi connectivity index (χ0v) is 11.4. The van der Waals surface area contributed by atoms with Crippen LogP contribution in [-0.2, 0) is 4.74 Å². The van der Waals surface area contributed by atoms with E-state index in [9.17, 15) is 4.79 Å². The molecule has 1 aromatic rings. The zero-order valence-electron chi connectivity index (χ0n) is 11.4. The molecule has 4 nitrogen and oxygen atoms in total. The lowest BCUT2D eigenvalue weighted by atomic mass is 9.83. The van der Waals surface area contributed by atoms with E-state index in [0.717, 1.165) is 25.7 Å². The van der Waals surface area contributed by atoms with E-state index in [2.05, 4.69) is 12.2 Å². The minimum absolute atomic E-state index is 0.0132. The predicted octanol–water partition coefficient (Wildman–Crippen LogP) is 2.41. The molecular weight excluding hydrogens is 228 g/mol. The maximum Gasteiger partial charge on any atom is 0.274 e. The molecule has 0 spiro atoms. The van der Waals surface area contributed by atoms with Crippen LogP contribution in [0.2, 0.25) is 0 Å². The van der Waals surface area contributed by atoms with Crippen LogP contribution in [-0.4, -0.2) is 24.3 Å². The molecule has 0 unspecified atom stereocenters. The molecule has 1 aliphatic rings. The average molecular weight is 250 g/mol. The van der Waals surface area contributed by atoms with Gasteiger partial charge in [0, 0.05) is 26.4 Å². The molecule has 0 atom stereocenters. The summed E-state index contributed by atoms with van der Waals surface area (Å²) in [5, 5.41) is 2.94. The molecule has 0 bridgehead atoms. The van der Waals surface area contributed by atoms with Gasteiger partial charge in [0.25, 0.3) is 5.56 Å². The summed E-state index contributed by atoms with van der Waals surface area (Å²) < 4.78 is 7.40. The van der Waals surface area contributed by atoms with Crippen LogP contribution < -0.4 is 10.9 Å². The highest BCUT2D eigenvalue weighted by Gasteiger charge is 2.31. The summed E-state index contributed by atoms with van der Waals surface area (Å²) in [6.07, 6.45) is 5.90. The van der Waals surface area contributed by atoms with E-state index in [1.54, 1.807) is 14.2 Å². The summed E-state index contributed by atoms with van der Waals surface area (Å²) in [6, 6.07) is 4.05. The third-order valence-corrected chi connectivity index (χ3v) is 4.14. The molecule has 18 heavy (non-hydrogen) atoms. The number of anilines is 1. The van der Waals surface area contributed by atoms with Crippen LogP contribution in [0.25, 0.3) is 0 Å². The average Bonchev–Trinajstić information content (AvgIpc) is 2.40. The fourth-order valence-electron chi connectivity index (χ4n) is 2.68. The van der Waals surface area contributed by atoms with Crippen LogP contribution in [0.1, 0.15) is 38.6 Å². The highest BCUT2D eigenvalue weighted by molar-refractivity contribution is 5.39. The Morgan fingerprint density at radius 3 is 2.67 bits per heavy atom. The summed E-state index contributed by atoms with van der Waals surface area (Å²) in [5.74, 6) is 0. The van der Waals surface area contributed by atoms with Crippen LogP contribution in [0.5, 0.6) is 0 Å². The summed E-state index contributed by atoms with van der Waals surface area (Å²) in [6.45, 7) is 2.15. The van der Waals surface area contributed by atoms with E-state index in [-0.39, 0.29) is 11.2 Å². The van der Waals surface area contributed by atoms with Crippen LogP contribution in [0.15, 0.2) is 23.1 Å². The molecule has 4 heteroatoms. The lowest BCUT2D eigenvalue weighted by molar-refractivity contribution is -0.0324. The van der Waals surface area contributed by atoms with E-state index < -0.39 is 0 Å². The first kappa shape index (κ1) is 13.1. The third kappa shape index (κ3) is 2.43. The molecule has 0 saturated heterocycles. The largest absolute Gasteiger partial charge is 0.384 e. The fourth-order valence-corrected chi connectivity index (χ4v) is 2.68. The van der Waals surface area contributed by atoms with Gasteiger partial charge in [-0.3, -0.25) is 4.79 Å². The number of nitrogens with one attached hydrogen (secondary N) is 1. The van der Waals surface area contributed by atoms with E-state index in [4.69, 9.17) is 4.74 Å². The molecule has 1 heterocycles. The Morgan fingerprint density at radius 2 is 2.11 bits per heavy atom. The van der Waals surface area contributed by atoms with Crippen molar-refractivity contribution in [1.82, 2.24) is 4.57 Å². The Hall–Kier alpha value is -1.29. The number of hydrogen-bond acceptors (Lipinski definition) is 3. The maximum absolute atomic E-state index is 12.2. The molecule has 0 radical (unpaired) electrons. The normalized spacial score (nSPS) is 28.1. The number of hydrogen-bond donors (Lipinski definition) is 1. The number of nitrogens with zero attached hydrogens (tertiary/aromatic N) is 1. The first-order valence-corrected chi connectivity index (χ1v) is 6.54. The van der Waals surface area contributed by atoms with E-state index >= 15 is 0 Å². The molecule has 100 valence electrons. The third-order valence-electron chi connectivity index (χ3n) is 4.14. The summed E-state index contributed by atoms with van der Waals surface area (Å²) in [4.78, 5) is 12.2. The number of ether oxygens (including phenoxy) is 1. The van der Waals surface area contributed by atoms with Gasteiger partial charge in [-0.25, -0.2) is 0 Å². The highest BCUT2D eigenvalue weighted by Crippen LogP contribution is 2.36. The van der Waals surface area contributed by atoms with Gasteiger partial charge in [-0.15, -0.1) is 0 Å². The topological polar surface area (TPSA) is 43.3 Å². The second kappa shape index (κ2) is 5.14. The van der Waals surface area contributed by atoms with Gasteiger partial charge in [0.1, 0.15) is 5.69 Å². The van der Waals surface area contributed by atoms with Crippen molar-refractivity contribution in [3.8, 4) is 0 Å². The van der Waals surface area contributed by atoms with E-state index in [0.29, 0.717) is 11.7 Å². The van der Waals surface area contributed by atoms with Gasteiger partial charge in [0.15, 0.2) is 0 Å². The van der Waals surface area contributed by atoms with Crippen LogP contribution in [0.3, 0.4) is 0 Å². The van der Waals surface area contributed by atoms with Gasteiger partial charge >= 0.3 is 0 Å². The van der Waals surface area contributed by atoms with Crippen LogP contribution >= 0.6 is 0 Å². The Kier molecular flexibility index (Phi) is 3.76. The monoisotopic (exact) mass is 250 g/mol. The summed E-state index contributed by atoms with van der Waals surface area (Å²) >= 11 is 0. The summed E-state index contributed by atoms with van der Waals surface area (Å²) in [5.41, 5.74) is 0.726. The number of rotatable bonds is 3. The van der Waals surface area contributed by atoms with Crippen molar-refractivity contribution in [2.45, 2.75) is 44.2 Å². The van der Waals surface area contributed by atoms with Crippen molar-refractivity contribution in [3.63, 3.8) is 0 Å². The standard InChI is InChI=1S/C14H22N2O2/c1-14(18-3)8-6-11(7-9-14)16-10-4-5-12(15-2)13(16)17/h4-5,10-11,15H,6-9H2,1-3H3/t11-,14-. The lowest BCUT2D eigenvalue weighted by Gasteiger charge is -2.36. The predicted molar refractivity (Wildman–Crippen MR) is 73.2 cm³/mol. The molecule has 1 aliphatic carbocycles. The number of pyridine rings is 1. The van der Waals surface area contributed by atoms with Crippen LogP contribution in [0, 0.1) is 0 Å². The lowest BCUT2D eigenvalue weighted by Crippen LogP contribution is -2.36. The smallest absolute Gasteiger partial charge is 0.274 e. The van der Waals surface area contributed by atoms with E-state index in [1.165, 1.54) is 0 Å². The Labute approximate surface area is 108 Å². The SMILES string of the molecule is CNc1cccn([C@H]2CC[C@](C)(OC)CC2)c1=O. The van der Waals surface area contributed by atoms with Crippen molar-refractivity contribution < 1.29 is 4.74 Å². The van der Waals surface area contributed by atoms with Crippen molar-refractivity contribution in [2.75, 3.05) is 19.5 Å². The Balaban J connectivity index is 2.18. The Bertz CT molecular complexity index is 459. The molecular formula is C14H22N2O2. The minimum atomic E-state index is -0.0132. The van der Waals surface area contributed by atoms with Crippen molar-refractivity contribution in [1.29, 1.82) is 0 Å². The first-order valence-electron chi connectivity index (χ1n) is 6.54. The van der Waals surface area contributed by atoms with Gasteiger partial charge in [-0.05, 0) is 44.7 Å². The minimum Gasteiger partial charge on any atom is -0.384 e. The number of aromatic nitrogens is 1. The molecule has 1 saturated carbocycles. The summed E-state index contributed by atoms with van der Waals surface area (Å²) in [7, 11) is 3.55. The number of methoxy groups -OCH3 is 1. The molecule has 2 rings (SSSR count). The van der Waals surface area contributed by atoms with Gasteiger partial charge in [-0.2, -0.15) is 0 Å². The second-order valence-corrected chi connectivity index (χ2v) is 5.27. The van der Waals surface area contributed by atoms with Gasteiger partial charge < -0.3 is 14.6 Å².